The lowest BCUT2D eigenvalue weighted by molar-refractivity contribution is 0.0775. The number of carbonyl (C=O) groups is 1. The van der Waals surface area contributed by atoms with Gasteiger partial charge in [-0.25, -0.2) is 19.9 Å². The standard InChI is InChI=1S/C18H20N6OS.C2H6/c1-18(2)4-5-24(10-18)16(25)14-15-13(3-6-26-15)22-17(23-14)21-9-12-7-19-11-20-8-12;1-2/h3,6-8,11H,4-5,9-10H2,1-2H3,(H,21,22,23);1-2H3. The van der Waals surface area contributed by atoms with E-state index in [0.717, 1.165) is 35.3 Å². The fraction of sp³-hybridized carbons (Fsp3) is 0.450. The van der Waals surface area contributed by atoms with Crippen LogP contribution in [0.2, 0.25) is 0 Å². The van der Waals surface area contributed by atoms with E-state index in [1.54, 1.807) is 12.4 Å². The molecule has 28 heavy (non-hydrogen) atoms. The summed E-state index contributed by atoms with van der Waals surface area (Å²) in [6, 6.07) is 1.92. The van der Waals surface area contributed by atoms with Crippen molar-refractivity contribution in [2.75, 3.05) is 18.4 Å². The van der Waals surface area contributed by atoms with E-state index in [9.17, 15) is 4.79 Å². The fourth-order valence-electron chi connectivity index (χ4n) is 3.13. The molecule has 1 N–H and O–H groups in total. The Morgan fingerprint density at radius 3 is 2.68 bits per heavy atom. The van der Waals surface area contributed by atoms with Gasteiger partial charge in [0.25, 0.3) is 5.91 Å². The Labute approximate surface area is 169 Å². The first-order chi connectivity index (χ1) is 13.5. The Kier molecular flexibility index (Phi) is 6.18. The lowest BCUT2D eigenvalue weighted by Gasteiger charge is -2.20. The van der Waals surface area contributed by atoms with E-state index in [2.05, 4.69) is 39.1 Å². The Morgan fingerprint density at radius 2 is 2.00 bits per heavy atom. The molecule has 0 aromatic carbocycles. The number of hydrogen-bond acceptors (Lipinski definition) is 7. The van der Waals surface area contributed by atoms with Crippen LogP contribution in [0.5, 0.6) is 0 Å². The minimum atomic E-state index is -0.0171. The molecule has 0 spiro atoms. The van der Waals surface area contributed by atoms with Crippen molar-refractivity contribution in [3.8, 4) is 0 Å². The lowest BCUT2D eigenvalue weighted by atomic mass is 9.93. The highest BCUT2D eigenvalue weighted by atomic mass is 32.1. The first-order valence-corrected chi connectivity index (χ1v) is 10.4. The van der Waals surface area contributed by atoms with Crippen LogP contribution in [0.1, 0.15) is 50.2 Å². The van der Waals surface area contributed by atoms with Crippen LogP contribution in [-0.2, 0) is 6.54 Å². The summed E-state index contributed by atoms with van der Waals surface area (Å²) in [5, 5.41) is 5.12. The average Bonchev–Trinajstić information content (AvgIpc) is 3.33. The zero-order valence-corrected chi connectivity index (χ0v) is 17.6. The minimum Gasteiger partial charge on any atom is -0.350 e. The minimum absolute atomic E-state index is 0.0171. The number of anilines is 1. The molecule has 0 radical (unpaired) electrons. The molecular formula is C20H26N6OS. The molecule has 3 aromatic rings. The van der Waals surface area contributed by atoms with Gasteiger partial charge < -0.3 is 10.2 Å². The zero-order chi connectivity index (χ0) is 20.1. The molecule has 1 aliphatic rings. The van der Waals surface area contributed by atoms with Gasteiger partial charge in [0.05, 0.1) is 10.2 Å². The third-order valence-corrected chi connectivity index (χ3v) is 5.45. The number of fused-ring (bicyclic) bond motifs is 1. The van der Waals surface area contributed by atoms with Crippen LogP contribution in [0.3, 0.4) is 0 Å². The number of hydrogen-bond donors (Lipinski definition) is 1. The number of rotatable bonds is 4. The molecule has 7 nitrogen and oxygen atoms in total. The Bertz CT molecular complexity index is 940. The van der Waals surface area contributed by atoms with Crippen molar-refractivity contribution in [1.29, 1.82) is 0 Å². The number of carbonyl (C=O) groups excluding carboxylic acids is 1. The third kappa shape index (κ3) is 4.44. The second-order valence-corrected chi connectivity index (χ2v) is 8.19. The molecule has 3 aromatic heterocycles. The van der Waals surface area contributed by atoms with E-state index < -0.39 is 0 Å². The largest absolute Gasteiger partial charge is 0.350 e. The number of aromatic nitrogens is 4. The predicted octanol–water partition coefficient (Wildman–Crippen LogP) is 3.99. The van der Waals surface area contributed by atoms with Gasteiger partial charge >= 0.3 is 0 Å². The van der Waals surface area contributed by atoms with E-state index in [4.69, 9.17) is 0 Å². The Balaban J connectivity index is 0.00000109. The van der Waals surface area contributed by atoms with Gasteiger partial charge in [0.1, 0.15) is 6.33 Å². The van der Waals surface area contributed by atoms with Crippen LogP contribution in [0, 0.1) is 5.41 Å². The van der Waals surface area contributed by atoms with E-state index >= 15 is 0 Å². The molecule has 1 aliphatic heterocycles. The molecule has 0 aliphatic carbocycles. The van der Waals surface area contributed by atoms with Crippen molar-refractivity contribution in [2.45, 2.75) is 40.7 Å². The lowest BCUT2D eigenvalue weighted by Crippen LogP contribution is -2.31. The molecule has 4 rings (SSSR count). The first kappa shape index (κ1) is 20.1. The van der Waals surface area contributed by atoms with Gasteiger partial charge in [0.2, 0.25) is 5.95 Å². The summed E-state index contributed by atoms with van der Waals surface area (Å²) in [5.74, 6) is 0.429. The Morgan fingerprint density at radius 1 is 1.25 bits per heavy atom. The van der Waals surface area contributed by atoms with Gasteiger partial charge in [0.15, 0.2) is 5.69 Å². The first-order valence-electron chi connectivity index (χ1n) is 9.54. The SMILES string of the molecule is CC.CC1(C)CCN(C(=O)c2nc(NCc3cncnc3)nc3ccsc23)C1. The zero-order valence-electron chi connectivity index (χ0n) is 16.8. The summed E-state index contributed by atoms with van der Waals surface area (Å²) in [5.41, 5.74) is 2.36. The molecule has 1 saturated heterocycles. The number of nitrogens with zero attached hydrogens (tertiary/aromatic N) is 5. The van der Waals surface area contributed by atoms with Crippen molar-refractivity contribution in [2.24, 2.45) is 5.41 Å². The maximum atomic E-state index is 13.1. The summed E-state index contributed by atoms with van der Waals surface area (Å²) in [4.78, 5) is 32.0. The second kappa shape index (κ2) is 8.60. The molecule has 0 saturated carbocycles. The van der Waals surface area contributed by atoms with Crippen molar-refractivity contribution >= 4 is 33.4 Å². The number of likely N-dealkylation sites (tertiary alicyclic amines) is 1. The predicted molar refractivity (Wildman–Crippen MR) is 112 cm³/mol. The maximum Gasteiger partial charge on any atom is 0.274 e. The highest BCUT2D eigenvalue weighted by Crippen LogP contribution is 2.31. The van der Waals surface area contributed by atoms with Gasteiger partial charge in [-0.3, -0.25) is 4.79 Å². The third-order valence-electron chi connectivity index (χ3n) is 4.54. The smallest absolute Gasteiger partial charge is 0.274 e. The van der Waals surface area contributed by atoms with E-state index in [0.29, 0.717) is 18.2 Å². The quantitative estimate of drug-likeness (QED) is 0.715. The highest BCUT2D eigenvalue weighted by Gasteiger charge is 2.34. The normalized spacial score (nSPS) is 15.2. The topological polar surface area (TPSA) is 83.9 Å². The van der Waals surface area contributed by atoms with Crippen molar-refractivity contribution in [3.63, 3.8) is 0 Å². The number of amides is 1. The average molecular weight is 399 g/mol. The number of thiophene rings is 1. The van der Waals surface area contributed by atoms with Gasteiger partial charge in [-0.05, 0) is 23.3 Å². The van der Waals surface area contributed by atoms with Gasteiger partial charge in [-0.1, -0.05) is 27.7 Å². The van der Waals surface area contributed by atoms with Crippen LogP contribution in [0.4, 0.5) is 5.95 Å². The summed E-state index contributed by atoms with van der Waals surface area (Å²) in [6.45, 7) is 10.4. The monoisotopic (exact) mass is 398 g/mol. The molecule has 0 unspecified atom stereocenters. The molecule has 1 fully saturated rings. The second-order valence-electron chi connectivity index (χ2n) is 7.27. The highest BCUT2D eigenvalue weighted by molar-refractivity contribution is 7.17. The molecule has 148 valence electrons. The van der Waals surface area contributed by atoms with E-state index in [1.807, 2.05) is 30.2 Å². The molecule has 4 heterocycles. The summed E-state index contributed by atoms with van der Waals surface area (Å²) in [7, 11) is 0. The van der Waals surface area contributed by atoms with Crippen LogP contribution in [0.15, 0.2) is 30.2 Å². The van der Waals surface area contributed by atoms with E-state index in [-0.39, 0.29) is 11.3 Å². The van der Waals surface area contributed by atoms with Gasteiger partial charge in [-0.15, -0.1) is 11.3 Å². The van der Waals surface area contributed by atoms with Crippen molar-refractivity contribution < 1.29 is 4.79 Å². The fourth-order valence-corrected chi connectivity index (χ4v) is 3.94. The van der Waals surface area contributed by atoms with Gasteiger partial charge in [-0.2, -0.15) is 0 Å². The van der Waals surface area contributed by atoms with Gasteiger partial charge in [0, 0.05) is 37.6 Å². The van der Waals surface area contributed by atoms with E-state index in [1.165, 1.54) is 17.7 Å². The van der Waals surface area contributed by atoms with Crippen LogP contribution < -0.4 is 5.32 Å². The molecule has 0 bridgehead atoms. The summed E-state index contributed by atoms with van der Waals surface area (Å²) in [6.07, 6.45) is 5.98. The molecule has 1 amide bonds. The van der Waals surface area contributed by atoms with Crippen LogP contribution in [-0.4, -0.2) is 43.8 Å². The van der Waals surface area contributed by atoms with Crippen molar-refractivity contribution in [3.05, 3.63) is 41.4 Å². The number of nitrogens with one attached hydrogen (secondary N) is 1. The van der Waals surface area contributed by atoms with Crippen LogP contribution in [0.25, 0.3) is 10.2 Å². The summed E-state index contributed by atoms with van der Waals surface area (Å²) >= 11 is 1.50. The Hall–Kier alpha value is -2.61. The maximum absolute atomic E-state index is 13.1. The molecular weight excluding hydrogens is 372 g/mol. The molecule has 8 heteroatoms. The molecule has 0 atom stereocenters. The summed E-state index contributed by atoms with van der Waals surface area (Å²) < 4.78 is 0.841. The van der Waals surface area contributed by atoms with Crippen LogP contribution >= 0.6 is 11.3 Å². The van der Waals surface area contributed by atoms with Crippen molar-refractivity contribution in [1.82, 2.24) is 24.8 Å².